The molecule has 0 radical (unpaired) electrons. The second-order valence-corrected chi connectivity index (χ2v) is 10.2. The van der Waals surface area contributed by atoms with Crippen LogP contribution in [0.2, 0.25) is 10.0 Å². The van der Waals surface area contributed by atoms with Crippen LogP contribution >= 0.6 is 39.1 Å². The monoisotopic (exact) mass is 556 g/mol. The van der Waals surface area contributed by atoms with Crippen LogP contribution in [0.5, 0.6) is 0 Å². The van der Waals surface area contributed by atoms with E-state index in [9.17, 15) is 8.42 Å². The minimum absolute atomic E-state index is 0.210. The van der Waals surface area contributed by atoms with Gasteiger partial charge in [0.05, 0.1) is 10.6 Å². The first-order chi connectivity index (χ1) is 15.4. The Labute approximate surface area is 206 Å². The summed E-state index contributed by atoms with van der Waals surface area (Å²) < 4.78 is 29.0. The largest absolute Gasteiger partial charge is 0.383 e. The molecule has 0 saturated carbocycles. The van der Waals surface area contributed by atoms with Crippen LogP contribution in [0, 0.1) is 0 Å². The molecule has 3 aromatic rings. The zero-order valence-corrected chi connectivity index (χ0v) is 21.0. The number of hydrogen-bond acceptors (Lipinski definition) is 5. The molecular formula is C22H23BrCl2N4O2S. The minimum atomic E-state index is -3.82. The lowest BCUT2D eigenvalue weighted by Gasteiger charge is -2.16. The maximum atomic E-state index is 13.1. The third-order valence-electron chi connectivity index (χ3n) is 4.53. The van der Waals surface area contributed by atoms with E-state index in [1.165, 1.54) is 6.07 Å². The first-order valence-corrected chi connectivity index (χ1v) is 13.3. The van der Waals surface area contributed by atoms with Crippen molar-refractivity contribution in [2.75, 3.05) is 33.8 Å². The van der Waals surface area contributed by atoms with Crippen LogP contribution in [0.4, 0.5) is 17.2 Å². The number of hydrogen-bond donors (Lipinski definition) is 3. The SMILES string of the molecule is O=S(=O)(Nc1cccnc1NCCNc1ccc(Cl)cc1)c1ccc(Cl)cc1CCCBr. The predicted molar refractivity (Wildman–Crippen MR) is 137 cm³/mol. The van der Waals surface area contributed by atoms with Crippen molar-refractivity contribution in [2.24, 2.45) is 0 Å². The van der Waals surface area contributed by atoms with Crippen molar-refractivity contribution in [3.8, 4) is 0 Å². The van der Waals surface area contributed by atoms with Crippen molar-refractivity contribution in [1.82, 2.24) is 4.98 Å². The number of sulfonamides is 1. The van der Waals surface area contributed by atoms with Crippen molar-refractivity contribution in [3.05, 3.63) is 76.4 Å². The number of aryl methyl sites for hydroxylation is 1. The lowest BCUT2D eigenvalue weighted by atomic mass is 10.1. The smallest absolute Gasteiger partial charge is 0.262 e. The van der Waals surface area contributed by atoms with Crippen LogP contribution in [0.15, 0.2) is 65.7 Å². The molecule has 0 fully saturated rings. The number of rotatable bonds is 11. The Balaban J connectivity index is 1.69. The fourth-order valence-corrected chi connectivity index (χ4v) is 4.97. The highest BCUT2D eigenvalue weighted by Crippen LogP contribution is 2.27. The molecule has 0 aliphatic heterocycles. The number of benzene rings is 2. The van der Waals surface area contributed by atoms with Crippen molar-refractivity contribution in [3.63, 3.8) is 0 Å². The third-order valence-corrected chi connectivity index (χ3v) is 7.05. The minimum Gasteiger partial charge on any atom is -0.383 e. The van der Waals surface area contributed by atoms with E-state index in [1.54, 1.807) is 30.5 Å². The van der Waals surface area contributed by atoms with Gasteiger partial charge >= 0.3 is 0 Å². The molecule has 10 heteroatoms. The number of nitrogens with one attached hydrogen (secondary N) is 3. The van der Waals surface area contributed by atoms with Crippen LogP contribution in [0.25, 0.3) is 0 Å². The number of aromatic nitrogens is 1. The van der Waals surface area contributed by atoms with Crippen molar-refractivity contribution < 1.29 is 8.42 Å². The number of halogens is 3. The Morgan fingerprint density at radius 2 is 1.66 bits per heavy atom. The normalized spacial score (nSPS) is 11.2. The highest BCUT2D eigenvalue weighted by atomic mass is 79.9. The molecule has 32 heavy (non-hydrogen) atoms. The summed E-state index contributed by atoms with van der Waals surface area (Å²) in [6.45, 7) is 1.14. The third kappa shape index (κ3) is 7.00. The Morgan fingerprint density at radius 3 is 2.41 bits per heavy atom. The van der Waals surface area contributed by atoms with Crippen LogP contribution in [-0.4, -0.2) is 31.8 Å². The van der Waals surface area contributed by atoms with E-state index >= 15 is 0 Å². The number of nitrogens with zero attached hydrogens (tertiary/aromatic N) is 1. The van der Waals surface area contributed by atoms with Crippen LogP contribution in [-0.2, 0) is 16.4 Å². The molecule has 0 bridgehead atoms. The Bertz CT molecular complexity index is 1140. The zero-order valence-electron chi connectivity index (χ0n) is 17.1. The van der Waals surface area contributed by atoms with Gasteiger partial charge in [0.2, 0.25) is 0 Å². The van der Waals surface area contributed by atoms with Crippen LogP contribution < -0.4 is 15.4 Å². The summed E-state index contributed by atoms with van der Waals surface area (Å²) in [5.41, 5.74) is 1.99. The lowest BCUT2D eigenvalue weighted by Crippen LogP contribution is -2.19. The lowest BCUT2D eigenvalue weighted by molar-refractivity contribution is 0.600. The summed E-state index contributed by atoms with van der Waals surface area (Å²) in [7, 11) is -3.82. The van der Waals surface area contributed by atoms with E-state index in [2.05, 4.69) is 36.3 Å². The highest BCUT2D eigenvalue weighted by molar-refractivity contribution is 9.09. The zero-order chi connectivity index (χ0) is 23.0. The van der Waals surface area contributed by atoms with Gasteiger partial charge in [0.25, 0.3) is 10.0 Å². The second kappa shape index (κ2) is 11.7. The van der Waals surface area contributed by atoms with Crippen molar-refractivity contribution in [2.45, 2.75) is 17.7 Å². The Morgan fingerprint density at radius 1 is 0.938 bits per heavy atom. The second-order valence-electron chi connectivity index (χ2n) is 6.91. The molecule has 0 amide bonds. The van der Waals surface area contributed by atoms with Gasteiger partial charge in [-0.2, -0.15) is 0 Å². The van der Waals surface area contributed by atoms with Gasteiger partial charge in [-0.1, -0.05) is 39.1 Å². The van der Waals surface area contributed by atoms with Gasteiger partial charge in [-0.3, -0.25) is 4.72 Å². The molecule has 0 spiro atoms. The van der Waals surface area contributed by atoms with E-state index in [0.717, 1.165) is 17.4 Å². The van der Waals surface area contributed by atoms with E-state index in [0.29, 0.717) is 46.6 Å². The summed E-state index contributed by atoms with van der Waals surface area (Å²) >= 11 is 15.4. The molecular weight excluding hydrogens is 535 g/mol. The van der Waals surface area contributed by atoms with Crippen molar-refractivity contribution in [1.29, 1.82) is 0 Å². The topological polar surface area (TPSA) is 83.1 Å². The summed E-state index contributed by atoms with van der Waals surface area (Å²) in [4.78, 5) is 4.50. The van der Waals surface area contributed by atoms with Crippen molar-refractivity contribution >= 4 is 66.3 Å². The predicted octanol–water partition coefficient (Wildman–Crippen LogP) is 6.04. The van der Waals surface area contributed by atoms with Gasteiger partial charge in [0, 0.05) is 40.3 Å². The molecule has 0 aliphatic rings. The molecule has 6 nitrogen and oxygen atoms in total. The summed E-state index contributed by atoms with van der Waals surface area (Å²) in [6.07, 6.45) is 3.00. The standard InChI is InChI=1S/C22H23BrCl2N4O2S/c23-11-1-3-16-15-18(25)7-10-21(16)32(30,31)29-20-4-2-12-27-22(20)28-14-13-26-19-8-5-17(24)6-9-19/h2,4-10,12,15,26,29H,1,3,11,13-14H2,(H,27,28). The first-order valence-electron chi connectivity index (χ1n) is 9.94. The maximum absolute atomic E-state index is 13.1. The molecule has 0 saturated heterocycles. The summed E-state index contributed by atoms with van der Waals surface area (Å²) in [5.74, 6) is 0.449. The van der Waals surface area contributed by atoms with E-state index < -0.39 is 10.0 Å². The van der Waals surface area contributed by atoms with Gasteiger partial charge < -0.3 is 10.6 Å². The summed E-state index contributed by atoms with van der Waals surface area (Å²) in [6, 6.07) is 15.6. The molecule has 0 aliphatic carbocycles. The Kier molecular flexibility index (Phi) is 9.04. The Hall–Kier alpha value is -2.00. The first kappa shape index (κ1) is 24.6. The van der Waals surface area contributed by atoms with Crippen LogP contribution in [0.3, 0.4) is 0 Å². The summed E-state index contributed by atoms with van der Waals surface area (Å²) in [5, 5.41) is 8.39. The number of anilines is 3. The number of alkyl halides is 1. The highest BCUT2D eigenvalue weighted by Gasteiger charge is 2.20. The molecule has 0 atom stereocenters. The average Bonchev–Trinajstić information content (AvgIpc) is 2.77. The van der Waals surface area contributed by atoms with Gasteiger partial charge in [0.15, 0.2) is 0 Å². The molecule has 3 N–H and O–H groups in total. The van der Waals surface area contributed by atoms with Gasteiger partial charge in [-0.05, 0) is 73.0 Å². The molecule has 170 valence electrons. The van der Waals surface area contributed by atoms with E-state index in [-0.39, 0.29) is 4.90 Å². The maximum Gasteiger partial charge on any atom is 0.262 e. The quantitative estimate of drug-likeness (QED) is 0.198. The molecule has 3 rings (SSSR count). The molecule has 1 heterocycles. The van der Waals surface area contributed by atoms with Gasteiger partial charge in [0.1, 0.15) is 5.82 Å². The van der Waals surface area contributed by atoms with E-state index in [1.807, 2.05) is 24.3 Å². The molecule has 2 aromatic carbocycles. The van der Waals surface area contributed by atoms with Gasteiger partial charge in [-0.15, -0.1) is 0 Å². The fourth-order valence-electron chi connectivity index (χ4n) is 3.05. The van der Waals surface area contributed by atoms with E-state index in [4.69, 9.17) is 23.2 Å². The number of pyridine rings is 1. The molecule has 1 aromatic heterocycles. The average molecular weight is 558 g/mol. The fraction of sp³-hybridized carbons (Fsp3) is 0.227. The van der Waals surface area contributed by atoms with Gasteiger partial charge in [-0.25, -0.2) is 13.4 Å². The molecule has 0 unspecified atom stereocenters. The van der Waals surface area contributed by atoms with Crippen LogP contribution in [0.1, 0.15) is 12.0 Å².